The van der Waals surface area contributed by atoms with Gasteiger partial charge in [-0.05, 0) is 38.0 Å². The number of carbonyl (C=O) groups is 1. The molecule has 25 heavy (non-hydrogen) atoms. The third-order valence-electron chi connectivity index (χ3n) is 4.63. The monoisotopic (exact) mass is 340 g/mol. The minimum absolute atomic E-state index is 0.00193. The number of imidazole rings is 1. The first-order chi connectivity index (χ1) is 12.0. The summed E-state index contributed by atoms with van der Waals surface area (Å²) in [4.78, 5) is 16.4. The average Bonchev–Trinajstić information content (AvgIpc) is 3.01. The van der Waals surface area contributed by atoms with Crippen molar-refractivity contribution in [2.45, 2.75) is 32.1 Å². The zero-order valence-electron chi connectivity index (χ0n) is 13.9. The lowest BCUT2D eigenvalue weighted by atomic mass is 10.1. The summed E-state index contributed by atoms with van der Waals surface area (Å²) in [7, 11) is 0. The number of nitrogens with zero attached hydrogens (tertiary/aromatic N) is 3. The number of hydrogen-bond acceptors (Lipinski definition) is 4. The van der Waals surface area contributed by atoms with E-state index in [-0.39, 0.29) is 11.1 Å². The molecular weight excluding hydrogens is 323 g/mol. The van der Waals surface area contributed by atoms with Gasteiger partial charge in [0.25, 0.3) is 5.91 Å². The van der Waals surface area contributed by atoms with Crippen LogP contribution in [-0.4, -0.2) is 20.6 Å². The molecule has 0 spiro atoms. The molecule has 1 fully saturated rings. The predicted molar refractivity (Wildman–Crippen MR) is 89.3 cm³/mol. The van der Waals surface area contributed by atoms with E-state index in [1.54, 1.807) is 42.1 Å². The Morgan fingerprint density at radius 2 is 2.16 bits per heavy atom. The molecule has 0 saturated heterocycles. The molecule has 4 rings (SSSR count). The van der Waals surface area contributed by atoms with Crippen LogP contribution in [-0.2, 0) is 5.41 Å². The van der Waals surface area contributed by atoms with Crippen LogP contribution in [0.25, 0.3) is 5.69 Å². The number of amides is 1. The number of rotatable bonds is 4. The first-order valence-electron chi connectivity index (χ1n) is 8.05. The Balaban J connectivity index is 1.53. The van der Waals surface area contributed by atoms with Crippen LogP contribution < -0.4 is 5.32 Å². The van der Waals surface area contributed by atoms with Crippen LogP contribution in [0.1, 0.15) is 41.8 Å². The molecule has 1 N–H and O–H groups in total. The van der Waals surface area contributed by atoms with E-state index in [0.29, 0.717) is 17.2 Å². The summed E-state index contributed by atoms with van der Waals surface area (Å²) in [6.07, 6.45) is 5.35. The lowest BCUT2D eigenvalue weighted by molar-refractivity contribution is 0.101. The lowest BCUT2D eigenvalue weighted by Gasteiger charge is -2.09. The van der Waals surface area contributed by atoms with Crippen LogP contribution in [0.3, 0.4) is 0 Å². The molecule has 0 radical (unpaired) electrons. The van der Waals surface area contributed by atoms with E-state index in [2.05, 4.69) is 22.4 Å². The summed E-state index contributed by atoms with van der Waals surface area (Å²) in [5, 5.41) is 6.46. The summed E-state index contributed by atoms with van der Waals surface area (Å²) in [6.45, 7) is 3.86. The van der Waals surface area contributed by atoms with Gasteiger partial charge in [-0.2, -0.15) is 0 Å². The van der Waals surface area contributed by atoms with Crippen molar-refractivity contribution >= 4 is 11.6 Å². The summed E-state index contributed by atoms with van der Waals surface area (Å²) >= 11 is 0. The second-order valence-electron chi connectivity index (χ2n) is 6.60. The average molecular weight is 340 g/mol. The fourth-order valence-electron chi connectivity index (χ4n) is 2.71. The highest BCUT2D eigenvalue weighted by Gasteiger charge is 2.43. The maximum Gasteiger partial charge on any atom is 0.277 e. The number of carbonyl (C=O) groups excluding carboxylic acids is 1. The van der Waals surface area contributed by atoms with Gasteiger partial charge in [0.15, 0.2) is 5.69 Å². The molecule has 1 aliphatic rings. The van der Waals surface area contributed by atoms with E-state index in [1.165, 1.54) is 6.07 Å². The molecule has 1 aliphatic carbocycles. The first-order valence-corrected chi connectivity index (χ1v) is 8.05. The second kappa shape index (κ2) is 5.54. The summed E-state index contributed by atoms with van der Waals surface area (Å²) in [5.74, 6) is 0.518. The quantitative estimate of drug-likeness (QED) is 0.787. The number of halogens is 1. The van der Waals surface area contributed by atoms with Gasteiger partial charge in [0, 0.05) is 29.6 Å². The van der Waals surface area contributed by atoms with Gasteiger partial charge in [0.1, 0.15) is 17.4 Å². The zero-order chi connectivity index (χ0) is 17.6. The molecule has 0 bridgehead atoms. The van der Waals surface area contributed by atoms with Crippen LogP contribution in [0.15, 0.2) is 41.2 Å². The van der Waals surface area contributed by atoms with E-state index in [4.69, 9.17) is 4.52 Å². The van der Waals surface area contributed by atoms with Crippen LogP contribution in [0, 0.1) is 12.7 Å². The minimum atomic E-state index is -0.453. The van der Waals surface area contributed by atoms with Crippen molar-refractivity contribution in [2.24, 2.45) is 0 Å². The third kappa shape index (κ3) is 2.82. The molecule has 2 aromatic heterocycles. The largest absolute Gasteiger partial charge is 0.360 e. The zero-order valence-corrected chi connectivity index (χ0v) is 13.9. The molecule has 1 saturated carbocycles. The van der Waals surface area contributed by atoms with Gasteiger partial charge in [0.05, 0.1) is 5.69 Å². The third-order valence-corrected chi connectivity index (χ3v) is 4.63. The van der Waals surface area contributed by atoms with Gasteiger partial charge in [-0.25, -0.2) is 9.37 Å². The van der Waals surface area contributed by atoms with E-state index in [0.717, 1.165) is 18.6 Å². The molecule has 128 valence electrons. The molecule has 0 unspecified atom stereocenters. The molecule has 1 aromatic carbocycles. The maximum absolute atomic E-state index is 14.4. The van der Waals surface area contributed by atoms with Gasteiger partial charge in [-0.3, -0.25) is 4.79 Å². The van der Waals surface area contributed by atoms with Gasteiger partial charge >= 0.3 is 0 Å². The molecular formula is C18H17FN4O2. The normalized spacial score (nSPS) is 15.2. The SMILES string of the molecule is Cc1nccn1-c1ccc(NC(=O)c2cc(C3(C)CC3)on2)cc1F. The van der Waals surface area contributed by atoms with Crippen molar-refractivity contribution in [1.82, 2.24) is 14.7 Å². The van der Waals surface area contributed by atoms with Crippen molar-refractivity contribution < 1.29 is 13.7 Å². The summed E-state index contributed by atoms with van der Waals surface area (Å²) in [6, 6.07) is 6.16. The van der Waals surface area contributed by atoms with Crippen molar-refractivity contribution in [3.63, 3.8) is 0 Å². The molecule has 1 amide bonds. The van der Waals surface area contributed by atoms with Crippen molar-refractivity contribution in [3.8, 4) is 5.69 Å². The maximum atomic E-state index is 14.4. The van der Waals surface area contributed by atoms with Crippen LogP contribution in [0.5, 0.6) is 0 Å². The van der Waals surface area contributed by atoms with Gasteiger partial charge in [-0.15, -0.1) is 0 Å². The number of benzene rings is 1. The van der Waals surface area contributed by atoms with Crippen LogP contribution in [0.2, 0.25) is 0 Å². The Labute approximate surface area is 143 Å². The Morgan fingerprint density at radius 3 is 2.80 bits per heavy atom. The number of nitrogens with one attached hydrogen (secondary N) is 1. The van der Waals surface area contributed by atoms with E-state index >= 15 is 0 Å². The van der Waals surface area contributed by atoms with Crippen LogP contribution >= 0.6 is 0 Å². The smallest absolute Gasteiger partial charge is 0.277 e. The molecule has 3 aromatic rings. The van der Waals surface area contributed by atoms with E-state index in [1.807, 2.05) is 0 Å². The highest BCUT2D eigenvalue weighted by Crippen LogP contribution is 2.47. The molecule has 0 aliphatic heterocycles. The van der Waals surface area contributed by atoms with Crippen molar-refractivity contribution in [3.05, 3.63) is 59.8 Å². The van der Waals surface area contributed by atoms with Crippen molar-refractivity contribution in [1.29, 1.82) is 0 Å². The molecule has 2 heterocycles. The number of anilines is 1. The molecule has 7 heteroatoms. The summed E-state index contributed by atoms with van der Waals surface area (Å²) < 4.78 is 21.3. The predicted octanol–water partition coefficient (Wildman–Crippen LogP) is 3.61. The Hall–Kier alpha value is -2.96. The highest BCUT2D eigenvalue weighted by molar-refractivity contribution is 6.02. The van der Waals surface area contributed by atoms with E-state index < -0.39 is 11.7 Å². The number of aromatic nitrogens is 3. The van der Waals surface area contributed by atoms with Gasteiger partial charge < -0.3 is 14.4 Å². The summed E-state index contributed by atoms with van der Waals surface area (Å²) in [5.41, 5.74) is 0.921. The standard InChI is InChI=1S/C18H17FN4O2/c1-11-20-7-8-23(11)15-4-3-12(9-13(15)19)21-17(24)14-10-16(25-22-14)18(2)5-6-18/h3-4,7-10H,5-6H2,1-2H3,(H,21,24). The Bertz CT molecular complexity index is 956. The second-order valence-corrected chi connectivity index (χ2v) is 6.60. The van der Waals surface area contributed by atoms with Crippen LogP contribution in [0.4, 0.5) is 10.1 Å². The highest BCUT2D eigenvalue weighted by atomic mass is 19.1. The minimum Gasteiger partial charge on any atom is -0.360 e. The number of hydrogen-bond donors (Lipinski definition) is 1. The topological polar surface area (TPSA) is 73.0 Å². The molecule has 0 atom stereocenters. The lowest BCUT2D eigenvalue weighted by Crippen LogP contribution is -2.13. The first kappa shape index (κ1) is 15.6. The fourth-order valence-corrected chi connectivity index (χ4v) is 2.71. The Morgan fingerprint density at radius 1 is 1.36 bits per heavy atom. The fraction of sp³-hybridized carbons (Fsp3) is 0.278. The molecule has 6 nitrogen and oxygen atoms in total. The van der Waals surface area contributed by atoms with Gasteiger partial charge in [-0.1, -0.05) is 12.1 Å². The number of aryl methyl sites for hydroxylation is 1. The van der Waals surface area contributed by atoms with E-state index in [9.17, 15) is 9.18 Å². The van der Waals surface area contributed by atoms with Crippen molar-refractivity contribution in [2.75, 3.05) is 5.32 Å². The van der Waals surface area contributed by atoms with Gasteiger partial charge in [0.2, 0.25) is 0 Å². The Kier molecular flexibility index (Phi) is 3.45.